The molecule has 5 heteroatoms. The van der Waals surface area contributed by atoms with Crippen molar-refractivity contribution in [3.05, 3.63) is 30.9 Å². The van der Waals surface area contributed by atoms with Crippen molar-refractivity contribution in [2.45, 2.75) is 0 Å². The number of halogens is 2. The van der Waals surface area contributed by atoms with Crippen LogP contribution in [0.2, 0.25) is 0 Å². The molecule has 0 radical (unpaired) electrons. The van der Waals surface area contributed by atoms with Crippen LogP contribution in [0.1, 0.15) is 5.56 Å². The van der Waals surface area contributed by atoms with E-state index in [0.29, 0.717) is 5.56 Å². The molecule has 0 aromatic heterocycles. The van der Waals surface area contributed by atoms with Gasteiger partial charge in [0.25, 0.3) is 0 Å². The van der Waals surface area contributed by atoms with Gasteiger partial charge in [-0.1, -0.05) is 11.8 Å². The van der Waals surface area contributed by atoms with Crippen LogP contribution >= 0.6 is 45.2 Å². The second kappa shape index (κ2) is 4.96. The molecule has 0 atom stereocenters. The molecule has 3 nitrogen and oxygen atoms in total. The summed E-state index contributed by atoms with van der Waals surface area (Å²) in [5.74, 6) is -1.21. The van der Waals surface area contributed by atoms with Gasteiger partial charge < -0.3 is 10.2 Å². The van der Waals surface area contributed by atoms with Gasteiger partial charge in [0, 0.05) is 13.2 Å². The van der Waals surface area contributed by atoms with Gasteiger partial charge in [-0.3, -0.25) is 0 Å². The first-order valence-electron chi connectivity index (χ1n) is 3.58. The topological polar surface area (TPSA) is 60.4 Å². The molecular weight excluding hydrogens is 410 g/mol. The monoisotopic (exact) mass is 415 g/mol. The molecule has 74 valence electrons. The molecule has 14 heavy (non-hydrogen) atoms. The third kappa shape index (κ3) is 3.12. The van der Waals surface area contributed by atoms with E-state index in [1.807, 2.05) is 51.2 Å². The Morgan fingerprint density at radius 3 is 2.57 bits per heavy atom. The summed E-state index contributed by atoms with van der Waals surface area (Å²) >= 11 is 4.05. The summed E-state index contributed by atoms with van der Waals surface area (Å²) in [4.78, 5) is 10.3. The van der Waals surface area contributed by atoms with Crippen molar-refractivity contribution in [3.8, 4) is 5.75 Å². The lowest BCUT2D eigenvalue weighted by molar-refractivity contribution is -0.268. The van der Waals surface area contributed by atoms with Crippen LogP contribution in [0.3, 0.4) is 0 Å². The van der Waals surface area contributed by atoms with Crippen LogP contribution in [-0.2, 0) is 4.79 Å². The van der Waals surface area contributed by atoms with Crippen LogP contribution in [0.25, 0.3) is 6.08 Å². The number of aliphatic carboxylic acids is 1. The highest BCUT2D eigenvalue weighted by atomic mass is 127. The molecule has 0 bridgehead atoms. The lowest BCUT2D eigenvalue weighted by Gasteiger charge is -2.12. The van der Waals surface area contributed by atoms with Crippen molar-refractivity contribution in [1.82, 2.24) is 0 Å². The van der Waals surface area contributed by atoms with Gasteiger partial charge >= 0.3 is 5.97 Å². The lowest BCUT2D eigenvalue weighted by atomic mass is 10.2. The average Bonchev–Trinajstić information content (AvgIpc) is 2.01. The number of carboxylic acid groups (broad SMARTS) is 1. The van der Waals surface area contributed by atoms with Crippen molar-refractivity contribution in [1.29, 1.82) is 0 Å². The van der Waals surface area contributed by atoms with Crippen LogP contribution in [-0.4, -0.2) is 11.1 Å². The zero-order valence-corrected chi connectivity index (χ0v) is 11.1. The maximum Gasteiger partial charge on any atom is 0.328 e. The standard InChI is InChI=1S/C9H6I2O3/c10-5-3-7(11)6(8(12)4-5)1-2-9(13)14/h1-4,12H,(H,13,14)/p-1/b2-1+. The maximum absolute atomic E-state index is 11.4. The van der Waals surface area contributed by atoms with Crippen molar-refractivity contribution in [3.63, 3.8) is 0 Å². The Morgan fingerprint density at radius 2 is 2.07 bits per heavy atom. The van der Waals surface area contributed by atoms with Gasteiger partial charge in [-0.25, -0.2) is 4.79 Å². The first kappa shape index (κ1) is 11.8. The smallest absolute Gasteiger partial charge is 0.328 e. The third-order valence-corrected chi connectivity index (χ3v) is 2.96. The van der Waals surface area contributed by atoms with Crippen LogP contribution in [0.15, 0.2) is 18.2 Å². The van der Waals surface area contributed by atoms with E-state index in [9.17, 15) is 9.90 Å². The number of hydrogen-bond donors (Lipinski definition) is 1. The fraction of sp³-hybridized carbons (Fsp3) is 0. The van der Waals surface area contributed by atoms with Crippen molar-refractivity contribution in [2.75, 3.05) is 0 Å². The second-order valence-electron chi connectivity index (χ2n) is 2.47. The Kier molecular flexibility index (Phi) is 4.17. The number of hydrogen-bond acceptors (Lipinski definition) is 2. The molecular formula is C9H5I2O3-. The van der Waals surface area contributed by atoms with Gasteiger partial charge in [0.05, 0.1) is 0 Å². The van der Waals surface area contributed by atoms with Crippen molar-refractivity contribution in [2.24, 2.45) is 0 Å². The Morgan fingerprint density at radius 1 is 1.43 bits per heavy atom. The molecule has 0 aliphatic carbocycles. The largest absolute Gasteiger partial charge is 0.872 e. The van der Waals surface area contributed by atoms with Gasteiger partial charge in [0.15, 0.2) is 0 Å². The molecule has 1 aromatic rings. The van der Waals surface area contributed by atoms with Crippen LogP contribution in [0, 0.1) is 7.14 Å². The van der Waals surface area contributed by atoms with E-state index in [4.69, 9.17) is 5.11 Å². The molecule has 0 unspecified atom stereocenters. The third-order valence-electron chi connectivity index (χ3n) is 1.45. The first-order valence-corrected chi connectivity index (χ1v) is 5.73. The van der Waals surface area contributed by atoms with E-state index in [0.717, 1.165) is 13.2 Å². The summed E-state index contributed by atoms with van der Waals surface area (Å²) < 4.78 is 1.61. The molecule has 1 rings (SSSR count). The lowest BCUT2D eigenvalue weighted by Crippen LogP contribution is -1.97. The zero-order valence-electron chi connectivity index (χ0n) is 6.83. The van der Waals surface area contributed by atoms with Crippen LogP contribution < -0.4 is 5.11 Å². The fourth-order valence-electron chi connectivity index (χ4n) is 0.878. The molecule has 0 aliphatic heterocycles. The van der Waals surface area contributed by atoms with Gasteiger partial charge in [-0.2, -0.15) is 0 Å². The van der Waals surface area contributed by atoms with E-state index in [-0.39, 0.29) is 5.75 Å². The molecule has 0 saturated carbocycles. The highest BCUT2D eigenvalue weighted by molar-refractivity contribution is 14.1. The Hall–Kier alpha value is -0.310. The summed E-state index contributed by atoms with van der Waals surface area (Å²) in [5, 5.41) is 19.8. The average molecular weight is 415 g/mol. The molecule has 1 N–H and O–H groups in total. The summed E-state index contributed by atoms with van der Waals surface area (Å²) in [6.07, 6.45) is 2.29. The number of carboxylic acids is 1. The van der Waals surface area contributed by atoms with E-state index < -0.39 is 5.97 Å². The number of benzene rings is 1. The molecule has 0 saturated heterocycles. The molecule has 0 aliphatic rings. The van der Waals surface area contributed by atoms with Gasteiger partial charge in [0.1, 0.15) is 0 Å². The van der Waals surface area contributed by atoms with E-state index in [2.05, 4.69) is 0 Å². The first-order chi connectivity index (χ1) is 6.50. The zero-order chi connectivity index (χ0) is 10.7. The minimum Gasteiger partial charge on any atom is -0.872 e. The van der Waals surface area contributed by atoms with E-state index in [1.54, 1.807) is 0 Å². The Labute approximate surface area is 108 Å². The highest BCUT2D eigenvalue weighted by Gasteiger charge is 1.99. The molecule has 1 aromatic carbocycles. The highest BCUT2D eigenvalue weighted by Crippen LogP contribution is 2.25. The van der Waals surface area contributed by atoms with Gasteiger partial charge in [-0.05, 0) is 62.9 Å². The summed E-state index contributed by atoms with van der Waals surface area (Å²) in [7, 11) is 0. The molecule has 0 heterocycles. The predicted octanol–water partition coefficient (Wildman–Crippen LogP) is 2.07. The Bertz CT molecular complexity index is 376. The van der Waals surface area contributed by atoms with Gasteiger partial charge in [0.2, 0.25) is 0 Å². The van der Waals surface area contributed by atoms with Crippen LogP contribution in [0.4, 0.5) is 0 Å². The molecule has 0 amide bonds. The van der Waals surface area contributed by atoms with Gasteiger partial charge in [-0.15, -0.1) is 0 Å². The summed E-state index contributed by atoms with van der Waals surface area (Å²) in [5.41, 5.74) is 0.424. The van der Waals surface area contributed by atoms with Crippen molar-refractivity contribution < 1.29 is 15.0 Å². The minimum absolute atomic E-state index is 0.154. The SMILES string of the molecule is O=C(O)/C=C/c1c([O-])cc(I)cc1I. The minimum atomic E-state index is -1.06. The predicted molar refractivity (Wildman–Crippen MR) is 68.0 cm³/mol. The summed E-state index contributed by atoms with van der Waals surface area (Å²) in [6, 6.07) is 3.30. The number of rotatable bonds is 2. The summed E-state index contributed by atoms with van der Waals surface area (Å²) in [6.45, 7) is 0. The molecule has 0 spiro atoms. The maximum atomic E-state index is 11.4. The van der Waals surface area contributed by atoms with Crippen LogP contribution in [0.5, 0.6) is 5.75 Å². The second-order valence-corrected chi connectivity index (χ2v) is 4.88. The Balaban J connectivity index is 3.15. The van der Waals surface area contributed by atoms with E-state index in [1.165, 1.54) is 12.1 Å². The normalized spacial score (nSPS) is 10.7. The number of carbonyl (C=O) groups is 1. The van der Waals surface area contributed by atoms with E-state index >= 15 is 0 Å². The fourth-order valence-corrected chi connectivity index (χ4v) is 2.85. The quantitative estimate of drug-likeness (QED) is 0.595. The molecule has 0 fully saturated rings. The van der Waals surface area contributed by atoms with Crippen molar-refractivity contribution >= 4 is 57.2 Å².